The van der Waals surface area contributed by atoms with Gasteiger partial charge in [-0.2, -0.15) is 0 Å². The second kappa shape index (κ2) is 6.90. The highest BCUT2D eigenvalue weighted by Gasteiger charge is 2.28. The van der Waals surface area contributed by atoms with E-state index < -0.39 is 10.0 Å². The van der Waals surface area contributed by atoms with E-state index >= 15 is 0 Å². The second-order valence-electron chi connectivity index (χ2n) is 6.28. The van der Waals surface area contributed by atoms with Crippen LogP contribution in [0.1, 0.15) is 37.8 Å². The second-order valence-corrected chi connectivity index (χ2v) is 8.26. The first kappa shape index (κ1) is 16.5. The van der Waals surface area contributed by atoms with Crippen molar-refractivity contribution >= 4 is 10.0 Å². The summed E-state index contributed by atoms with van der Waals surface area (Å²) in [7, 11) is -3.06. The molecule has 1 aliphatic rings. The SMILES string of the molecule is CC(CC1CCCN(S(C)(=O)=O)C1)C(N)c1ccccc1. The summed E-state index contributed by atoms with van der Waals surface area (Å²) in [5.74, 6) is 0.759. The lowest BCUT2D eigenvalue weighted by Crippen LogP contribution is -2.40. The van der Waals surface area contributed by atoms with Crippen molar-refractivity contribution in [3.63, 3.8) is 0 Å². The zero-order chi connectivity index (χ0) is 15.5. The maximum Gasteiger partial charge on any atom is 0.211 e. The fraction of sp³-hybridized carbons (Fsp3) is 0.625. The van der Waals surface area contributed by atoms with E-state index in [-0.39, 0.29) is 6.04 Å². The minimum absolute atomic E-state index is 0.0137. The van der Waals surface area contributed by atoms with E-state index in [2.05, 4.69) is 19.1 Å². The number of nitrogens with two attached hydrogens (primary N) is 1. The molecule has 0 radical (unpaired) electrons. The summed E-state index contributed by atoms with van der Waals surface area (Å²) < 4.78 is 25.0. The smallest absolute Gasteiger partial charge is 0.211 e. The number of sulfonamides is 1. The van der Waals surface area contributed by atoms with Crippen LogP contribution in [0.3, 0.4) is 0 Å². The Morgan fingerprint density at radius 1 is 1.33 bits per heavy atom. The van der Waals surface area contributed by atoms with Crippen molar-refractivity contribution in [2.75, 3.05) is 19.3 Å². The van der Waals surface area contributed by atoms with Gasteiger partial charge in [0.15, 0.2) is 0 Å². The third-order valence-corrected chi connectivity index (χ3v) is 5.72. The van der Waals surface area contributed by atoms with Crippen LogP contribution >= 0.6 is 0 Å². The van der Waals surface area contributed by atoms with Crippen molar-refractivity contribution in [1.29, 1.82) is 0 Å². The normalized spacial score (nSPS) is 23.7. The van der Waals surface area contributed by atoms with Crippen molar-refractivity contribution in [1.82, 2.24) is 4.31 Å². The van der Waals surface area contributed by atoms with E-state index in [9.17, 15) is 8.42 Å². The molecule has 1 aromatic carbocycles. The molecule has 2 N–H and O–H groups in total. The fourth-order valence-corrected chi connectivity index (χ4v) is 4.14. The molecule has 1 aromatic rings. The van der Waals surface area contributed by atoms with Crippen molar-refractivity contribution in [3.05, 3.63) is 35.9 Å². The molecule has 0 aliphatic carbocycles. The lowest BCUT2D eigenvalue weighted by Gasteiger charge is -2.33. The van der Waals surface area contributed by atoms with Crippen LogP contribution in [0, 0.1) is 11.8 Å². The van der Waals surface area contributed by atoms with E-state index in [1.54, 1.807) is 4.31 Å². The summed E-state index contributed by atoms with van der Waals surface area (Å²) in [4.78, 5) is 0. The molecule has 118 valence electrons. The molecule has 0 amide bonds. The zero-order valence-electron chi connectivity index (χ0n) is 12.9. The maximum atomic E-state index is 11.7. The van der Waals surface area contributed by atoms with Crippen molar-refractivity contribution < 1.29 is 8.42 Å². The largest absolute Gasteiger partial charge is 0.324 e. The Balaban J connectivity index is 1.95. The first-order chi connectivity index (χ1) is 9.88. The Kier molecular flexibility index (Phi) is 5.41. The van der Waals surface area contributed by atoms with Crippen molar-refractivity contribution in [2.45, 2.75) is 32.2 Å². The summed E-state index contributed by atoms with van der Waals surface area (Å²) >= 11 is 0. The molecule has 0 saturated carbocycles. The van der Waals surface area contributed by atoms with E-state index in [4.69, 9.17) is 5.73 Å². The quantitative estimate of drug-likeness (QED) is 0.908. The standard InChI is InChI=1S/C16H26N2O2S/c1-13(16(17)15-8-4-3-5-9-15)11-14-7-6-10-18(12-14)21(2,19)20/h3-5,8-9,13-14,16H,6-7,10-12,17H2,1-2H3. The minimum atomic E-state index is -3.06. The molecule has 1 saturated heterocycles. The Hall–Kier alpha value is -0.910. The predicted molar refractivity (Wildman–Crippen MR) is 86.3 cm³/mol. The molecule has 0 aromatic heterocycles. The highest BCUT2D eigenvalue weighted by Crippen LogP contribution is 2.30. The van der Waals surface area contributed by atoms with Crippen LogP contribution in [0.15, 0.2) is 30.3 Å². The van der Waals surface area contributed by atoms with E-state index in [0.717, 1.165) is 24.8 Å². The lowest BCUT2D eigenvalue weighted by atomic mass is 9.84. The molecule has 5 heteroatoms. The number of piperidine rings is 1. The van der Waals surface area contributed by atoms with Crippen LogP contribution in [0.2, 0.25) is 0 Å². The molecule has 21 heavy (non-hydrogen) atoms. The van der Waals surface area contributed by atoms with Gasteiger partial charge in [-0.3, -0.25) is 0 Å². The lowest BCUT2D eigenvalue weighted by molar-refractivity contribution is 0.225. The van der Waals surface area contributed by atoms with Crippen LogP contribution in [0.5, 0.6) is 0 Å². The summed E-state index contributed by atoms with van der Waals surface area (Å²) in [6.07, 6.45) is 4.32. The Bertz CT molecular complexity index is 545. The fourth-order valence-electron chi connectivity index (χ4n) is 3.20. The Labute approximate surface area is 128 Å². The van der Waals surface area contributed by atoms with E-state index in [1.165, 1.54) is 6.26 Å². The van der Waals surface area contributed by atoms with Gasteiger partial charge in [0.05, 0.1) is 6.26 Å². The summed E-state index contributed by atoms with van der Waals surface area (Å²) in [5.41, 5.74) is 7.50. The molecule has 2 rings (SSSR count). The first-order valence-electron chi connectivity index (χ1n) is 7.63. The van der Waals surface area contributed by atoms with Gasteiger partial charge in [-0.15, -0.1) is 0 Å². The van der Waals surface area contributed by atoms with Crippen LogP contribution in [-0.2, 0) is 10.0 Å². The number of hydrogen-bond acceptors (Lipinski definition) is 3. The molecule has 3 atom stereocenters. The third-order valence-electron chi connectivity index (χ3n) is 4.45. The molecule has 1 fully saturated rings. The number of hydrogen-bond donors (Lipinski definition) is 1. The Morgan fingerprint density at radius 3 is 2.62 bits per heavy atom. The van der Waals surface area contributed by atoms with Crippen LogP contribution in [0.25, 0.3) is 0 Å². The van der Waals surface area contributed by atoms with Gasteiger partial charge in [-0.25, -0.2) is 12.7 Å². The zero-order valence-corrected chi connectivity index (χ0v) is 13.7. The summed E-state index contributed by atoms with van der Waals surface area (Å²) in [6.45, 7) is 3.47. The summed E-state index contributed by atoms with van der Waals surface area (Å²) in [6, 6.07) is 10.1. The van der Waals surface area contributed by atoms with Gasteiger partial charge < -0.3 is 5.73 Å². The average Bonchev–Trinajstić information content (AvgIpc) is 2.47. The number of benzene rings is 1. The van der Waals surface area contributed by atoms with Crippen LogP contribution in [0.4, 0.5) is 0 Å². The minimum Gasteiger partial charge on any atom is -0.324 e. The number of nitrogens with zero attached hydrogens (tertiary/aromatic N) is 1. The summed E-state index contributed by atoms with van der Waals surface area (Å²) in [5, 5.41) is 0. The van der Waals surface area contributed by atoms with Gasteiger partial charge in [0.2, 0.25) is 10.0 Å². The molecular weight excluding hydrogens is 284 g/mol. The van der Waals surface area contributed by atoms with Gasteiger partial charge in [0.1, 0.15) is 0 Å². The van der Waals surface area contributed by atoms with Crippen molar-refractivity contribution in [2.24, 2.45) is 17.6 Å². The van der Waals surface area contributed by atoms with E-state index in [0.29, 0.717) is 24.9 Å². The highest BCUT2D eigenvalue weighted by molar-refractivity contribution is 7.88. The first-order valence-corrected chi connectivity index (χ1v) is 9.48. The van der Waals surface area contributed by atoms with Gasteiger partial charge in [0.25, 0.3) is 0 Å². The average molecular weight is 310 g/mol. The van der Waals surface area contributed by atoms with Crippen LogP contribution < -0.4 is 5.73 Å². The molecular formula is C16H26N2O2S. The van der Waals surface area contributed by atoms with Crippen molar-refractivity contribution in [3.8, 4) is 0 Å². The van der Waals surface area contributed by atoms with Gasteiger partial charge in [-0.1, -0.05) is 37.3 Å². The van der Waals surface area contributed by atoms with Gasteiger partial charge >= 0.3 is 0 Å². The molecule has 0 spiro atoms. The van der Waals surface area contributed by atoms with Crippen LogP contribution in [-0.4, -0.2) is 32.1 Å². The maximum absolute atomic E-state index is 11.7. The molecule has 1 heterocycles. The highest BCUT2D eigenvalue weighted by atomic mass is 32.2. The van der Waals surface area contributed by atoms with Gasteiger partial charge in [-0.05, 0) is 36.7 Å². The molecule has 1 aliphatic heterocycles. The molecule has 4 nitrogen and oxygen atoms in total. The van der Waals surface area contributed by atoms with Gasteiger partial charge in [0, 0.05) is 19.1 Å². The monoisotopic (exact) mass is 310 g/mol. The topological polar surface area (TPSA) is 63.4 Å². The van der Waals surface area contributed by atoms with E-state index in [1.807, 2.05) is 18.2 Å². The molecule has 3 unspecified atom stereocenters. The molecule has 0 bridgehead atoms. The number of rotatable bonds is 5. The Morgan fingerprint density at radius 2 is 2.00 bits per heavy atom. The third kappa shape index (κ3) is 4.53. The predicted octanol–water partition coefficient (Wildman–Crippen LogP) is 2.38.